The van der Waals surface area contributed by atoms with Gasteiger partial charge in [0.2, 0.25) is 0 Å². The molecule has 0 bridgehead atoms. The second-order valence-corrected chi connectivity index (χ2v) is 8.49. The Morgan fingerprint density at radius 2 is 2.03 bits per heavy atom. The Kier molecular flexibility index (Phi) is 7.20. The number of aromatic nitrogens is 2. The molecule has 2 heterocycles. The number of nitrogens with zero attached hydrogens (tertiary/aromatic N) is 3. The van der Waals surface area contributed by atoms with E-state index in [4.69, 9.17) is 10.5 Å². The summed E-state index contributed by atoms with van der Waals surface area (Å²) in [5.74, 6) is 0.248. The summed E-state index contributed by atoms with van der Waals surface area (Å²) in [6.07, 6.45) is 1.01. The molecular formula is C25H22FN5O2S. The van der Waals surface area contributed by atoms with Gasteiger partial charge in [-0.3, -0.25) is 4.79 Å². The van der Waals surface area contributed by atoms with Crippen molar-refractivity contribution in [3.05, 3.63) is 93.6 Å². The molecule has 9 heteroatoms. The SMILES string of the molecule is N#Cc1c(CCCNC(=O)c2cccc(OCc3cccs3)c2)nn(-c2ccc(F)cc2)c1N. The van der Waals surface area contributed by atoms with Gasteiger partial charge in [0.15, 0.2) is 0 Å². The summed E-state index contributed by atoms with van der Waals surface area (Å²) in [7, 11) is 0. The van der Waals surface area contributed by atoms with E-state index in [-0.39, 0.29) is 23.1 Å². The molecule has 2 aromatic carbocycles. The highest BCUT2D eigenvalue weighted by atomic mass is 32.1. The lowest BCUT2D eigenvalue weighted by Gasteiger charge is -2.08. The van der Waals surface area contributed by atoms with Crippen molar-refractivity contribution >= 4 is 23.1 Å². The molecule has 172 valence electrons. The first-order chi connectivity index (χ1) is 16.5. The van der Waals surface area contributed by atoms with Gasteiger partial charge in [-0.2, -0.15) is 10.4 Å². The molecule has 1 amide bonds. The van der Waals surface area contributed by atoms with Gasteiger partial charge in [-0.25, -0.2) is 9.07 Å². The van der Waals surface area contributed by atoms with Crippen LogP contribution >= 0.6 is 11.3 Å². The number of halogens is 1. The number of benzene rings is 2. The maximum Gasteiger partial charge on any atom is 0.251 e. The fraction of sp³-hybridized carbons (Fsp3) is 0.160. The fourth-order valence-corrected chi connectivity index (χ4v) is 4.01. The molecule has 7 nitrogen and oxygen atoms in total. The Labute approximate surface area is 200 Å². The number of nitriles is 1. The van der Waals surface area contributed by atoms with Gasteiger partial charge in [0.1, 0.15) is 35.6 Å². The molecule has 2 aromatic heterocycles. The summed E-state index contributed by atoms with van der Waals surface area (Å²) in [5, 5.41) is 18.8. The molecule has 4 rings (SSSR count). The molecule has 34 heavy (non-hydrogen) atoms. The first kappa shape index (κ1) is 23.0. The van der Waals surface area contributed by atoms with Gasteiger partial charge in [0, 0.05) is 17.0 Å². The molecular weight excluding hydrogens is 453 g/mol. The second-order valence-electron chi connectivity index (χ2n) is 7.46. The molecule has 0 unspecified atom stereocenters. The predicted octanol–water partition coefficient (Wildman–Crippen LogP) is 4.47. The summed E-state index contributed by atoms with van der Waals surface area (Å²) >= 11 is 1.61. The zero-order valence-corrected chi connectivity index (χ0v) is 19.0. The summed E-state index contributed by atoms with van der Waals surface area (Å²) in [5.41, 5.74) is 7.97. The van der Waals surface area contributed by atoms with Crippen LogP contribution in [-0.4, -0.2) is 22.2 Å². The third-order valence-electron chi connectivity index (χ3n) is 5.11. The van der Waals surface area contributed by atoms with Crippen molar-refractivity contribution in [2.24, 2.45) is 0 Å². The number of anilines is 1. The molecule has 0 saturated carbocycles. The molecule has 0 aliphatic heterocycles. The van der Waals surface area contributed by atoms with Gasteiger partial charge in [-0.05, 0) is 66.8 Å². The van der Waals surface area contributed by atoms with Crippen molar-refractivity contribution < 1.29 is 13.9 Å². The molecule has 0 aliphatic rings. The quantitative estimate of drug-likeness (QED) is 0.348. The van der Waals surface area contributed by atoms with Crippen molar-refractivity contribution in [2.45, 2.75) is 19.4 Å². The van der Waals surface area contributed by atoms with E-state index in [0.717, 1.165) is 4.88 Å². The van der Waals surface area contributed by atoms with E-state index in [9.17, 15) is 14.4 Å². The fourth-order valence-electron chi connectivity index (χ4n) is 3.39. The number of ether oxygens (including phenoxy) is 1. The van der Waals surface area contributed by atoms with Gasteiger partial charge in [-0.1, -0.05) is 12.1 Å². The number of nitrogen functional groups attached to an aromatic ring is 1. The number of rotatable bonds is 9. The Bertz CT molecular complexity index is 1310. The molecule has 0 fully saturated rings. The third-order valence-corrected chi connectivity index (χ3v) is 5.96. The standard InChI is InChI=1S/C25H22FN5O2S/c26-18-8-10-19(11-9-18)31-24(28)22(15-27)23(30-31)7-2-12-29-25(32)17-4-1-5-20(14-17)33-16-21-6-3-13-34-21/h1,3-6,8-11,13-14H,2,7,12,16,28H2,(H,29,32). The number of hydrogen-bond acceptors (Lipinski definition) is 6. The van der Waals surface area contributed by atoms with E-state index in [0.29, 0.717) is 48.7 Å². The van der Waals surface area contributed by atoms with Crippen LogP contribution in [0.1, 0.15) is 32.9 Å². The number of aryl methyl sites for hydroxylation is 1. The Morgan fingerprint density at radius 3 is 2.76 bits per heavy atom. The van der Waals surface area contributed by atoms with Crippen LogP contribution in [0.3, 0.4) is 0 Å². The summed E-state index contributed by atoms with van der Waals surface area (Å²) in [4.78, 5) is 13.7. The van der Waals surface area contributed by atoms with E-state index >= 15 is 0 Å². The van der Waals surface area contributed by atoms with Crippen LogP contribution < -0.4 is 15.8 Å². The van der Waals surface area contributed by atoms with E-state index < -0.39 is 0 Å². The average Bonchev–Trinajstić information content (AvgIpc) is 3.48. The van der Waals surface area contributed by atoms with Crippen molar-refractivity contribution in [3.8, 4) is 17.5 Å². The number of thiophene rings is 1. The highest BCUT2D eigenvalue weighted by molar-refractivity contribution is 7.09. The topological polar surface area (TPSA) is 106 Å². The van der Waals surface area contributed by atoms with Crippen LogP contribution in [0.15, 0.2) is 66.0 Å². The first-order valence-corrected chi connectivity index (χ1v) is 11.5. The molecule has 0 spiro atoms. The maximum atomic E-state index is 13.2. The van der Waals surface area contributed by atoms with Gasteiger partial charge in [0.05, 0.1) is 11.4 Å². The second kappa shape index (κ2) is 10.6. The summed E-state index contributed by atoms with van der Waals surface area (Å²) < 4.78 is 20.4. The van der Waals surface area contributed by atoms with Crippen molar-refractivity contribution in [1.82, 2.24) is 15.1 Å². The first-order valence-electron chi connectivity index (χ1n) is 10.6. The van der Waals surface area contributed by atoms with Crippen LogP contribution in [-0.2, 0) is 13.0 Å². The highest BCUT2D eigenvalue weighted by Gasteiger charge is 2.16. The van der Waals surface area contributed by atoms with Crippen molar-refractivity contribution in [2.75, 3.05) is 12.3 Å². The number of hydrogen-bond donors (Lipinski definition) is 2. The zero-order chi connectivity index (χ0) is 23.9. The lowest BCUT2D eigenvalue weighted by Crippen LogP contribution is -2.24. The van der Waals surface area contributed by atoms with Crippen LogP contribution in [0, 0.1) is 17.1 Å². The van der Waals surface area contributed by atoms with Crippen molar-refractivity contribution in [3.63, 3.8) is 0 Å². The number of carbonyl (C=O) groups is 1. The number of amides is 1. The third kappa shape index (κ3) is 5.42. The Morgan fingerprint density at radius 1 is 1.21 bits per heavy atom. The normalized spacial score (nSPS) is 10.6. The van der Waals surface area contributed by atoms with E-state index in [1.54, 1.807) is 41.7 Å². The van der Waals surface area contributed by atoms with E-state index in [1.165, 1.54) is 16.8 Å². The smallest absolute Gasteiger partial charge is 0.251 e. The molecule has 4 aromatic rings. The minimum Gasteiger partial charge on any atom is -0.488 e. The molecule has 3 N–H and O–H groups in total. The average molecular weight is 476 g/mol. The van der Waals surface area contributed by atoms with E-state index in [1.807, 2.05) is 23.6 Å². The number of nitrogens with two attached hydrogens (primary N) is 1. The minimum absolute atomic E-state index is 0.201. The molecule has 0 saturated heterocycles. The lowest BCUT2D eigenvalue weighted by molar-refractivity contribution is 0.0952. The minimum atomic E-state index is -0.370. The number of nitrogens with one attached hydrogen (secondary N) is 1. The molecule has 0 aliphatic carbocycles. The van der Waals surface area contributed by atoms with E-state index in [2.05, 4.69) is 16.5 Å². The number of carbonyl (C=O) groups excluding carboxylic acids is 1. The largest absolute Gasteiger partial charge is 0.488 e. The van der Waals surface area contributed by atoms with Gasteiger partial charge >= 0.3 is 0 Å². The van der Waals surface area contributed by atoms with Crippen molar-refractivity contribution in [1.29, 1.82) is 5.26 Å². The Balaban J connectivity index is 1.32. The van der Waals surface area contributed by atoms with Crippen LogP contribution in [0.5, 0.6) is 5.75 Å². The lowest BCUT2D eigenvalue weighted by atomic mass is 10.1. The molecule has 0 atom stereocenters. The van der Waals surface area contributed by atoms with Gasteiger partial charge in [-0.15, -0.1) is 11.3 Å². The maximum absolute atomic E-state index is 13.2. The zero-order valence-electron chi connectivity index (χ0n) is 18.2. The van der Waals surface area contributed by atoms with Gasteiger partial charge < -0.3 is 15.8 Å². The van der Waals surface area contributed by atoms with Crippen LogP contribution in [0.4, 0.5) is 10.2 Å². The predicted molar refractivity (Wildman–Crippen MR) is 128 cm³/mol. The summed E-state index contributed by atoms with van der Waals surface area (Å²) in [6.45, 7) is 0.852. The molecule has 0 radical (unpaired) electrons. The monoisotopic (exact) mass is 475 g/mol. The van der Waals surface area contributed by atoms with Gasteiger partial charge in [0.25, 0.3) is 5.91 Å². The van der Waals surface area contributed by atoms with Crippen LogP contribution in [0.2, 0.25) is 0 Å². The highest BCUT2D eigenvalue weighted by Crippen LogP contribution is 2.22. The Hall–Kier alpha value is -4.16. The summed E-state index contributed by atoms with van der Waals surface area (Å²) in [6, 6.07) is 18.8. The van der Waals surface area contributed by atoms with Crippen LogP contribution in [0.25, 0.3) is 5.69 Å².